The van der Waals surface area contributed by atoms with Gasteiger partial charge in [0.05, 0.1) is 10.0 Å². The molecule has 11 heavy (non-hydrogen) atoms. The molecule has 0 aliphatic carbocycles. The lowest BCUT2D eigenvalue weighted by atomic mass is 10.2. The second-order valence-corrected chi connectivity index (χ2v) is 2.75. The SMILES string of the molecule is N#Cc1cc(F)cc(Br)c1O. The summed E-state index contributed by atoms with van der Waals surface area (Å²) in [4.78, 5) is 0. The fourth-order valence-electron chi connectivity index (χ4n) is 0.651. The highest BCUT2D eigenvalue weighted by molar-refractivity contribution is 9.10. The van der Waals surface area contributed by atoms with Gasteiger partial charge in [-0.05, 0) is 28.1 Å². The zero-order valence-corrected chi connectivity index (χ0v) is 6.89. The summed E-state index contributed by atoms with van der Waals surface area (Å²) in [5.74, 6) is -0.778. The minimum Gasteiger partial charge on any atom is -0.505 e. The number of halogens is 2. The summed E-state index contributed by atoms with van der Waals surface area (Å²) in [7, 11) is 0. The van der Waals surface area contributed by atoms with Crippen molar-refractivity contribution in [3.63, 3.8) is 0 Å². The maximum Gasteiger partial charge on any atom is 0.147 e. The molecule has 0 fully saturated rings. The number of aromatic hydroxyl groups is 1. The van der Waals surface area contributed by atoms with E-state index < -0.39 is 5.82 Å². The minimum atomic E-state index is -0.550. The van der Waals surface area contributed by atoms with Gasteiger partial charge in [-0.25, -0.2) is 4.39 Å². The average molecular weight is 216 g/mol. The van der Waals surface area contributed by atoms with Crippen molar-refractivity contribution in [2.24, 2.45) is 0 Å². The van der Waals surface area contributed by atoms with Crippen LogP contribution in [0.1, 0.15) is 5.56 Å². The Balaban J connectivity index is 3.39. The van der Waals surface area contributed by atoms with Gasteiger partial charge in [-0.2, -0.15) is 5.26 Å². The predicted molar refractivity (Wildman–Crippen MR) is 40.5 cm³/mol. The van der Waals surface area contributed by atoms with Gasteiger partial charge in [0.1, 0.15) is 17.6 Å². The number of hydrogen-bond acceptors (Lipinski definition) is 2. The molecular weight excluding hydrogens is 213 g/mol. The first kappa shape index (κ1) is 8.02. The fourth-order valence-corrected chi connectivity index (χ4v) is 1.08. The van der Waals surface area contributed by atoms with Crippen LogP contribution >= 0.6 is 15.9 Å². The van der Waals surface area contributed by atoms with Crippen LogP contribution in [0.4, 0.5) is 4.39 Å². The van der Waals surface area contributed by atoms with E-state index in [-0.39, 0.29) is 15.8 Å². The van der Waals surface area contributed by atoms with E-state index in [0.29, 0.717) is 0 Å². The topological polar surface area (TPSA) is 44.0 Å². The molecule has 1 aromatic rings. The van der Waals surface area contributed by atoms with E-state index >= 15 is 0 Å². The molecule has 0 aliphatic rings. The van der Waals surface area contributed by atoms with Crippen molar-refractivity contribution in [3.05, 3.63) is 28.0 Å². The fraction of sp³-hybridized carbons (Fsp3) is 0. The van der Waals surface area contributed by atoms with Gasteiger partial charge in [0.2, 0.25) is 0 Å². The predicted octanol–water partition coefficient (Wildman–Crippen LogP) is 2.17. The van der Waals surface area contributed by atoms with Crippen molar-refractivity contribution in [1.29, 1.82) is 5.26 Å². The Labute approximate surface area is 71.0 Å². The van der Waals surface area contributed by atoms with Crippen LogP contribution in [0.15, 0.2) is 16.6 Å². The Morgan fingerprint density at radius 1 is 1.55 bits per heavy atom. The Morgan fingerprint density at radius 3 is 2.73 bits per heavy atom. The normalized spacial score (nSPS) is 9.18. The molecular formula is C7H3BrFNO. The quantitative estimate of drug-likeness (QED) is 0.722. The Morgan fingerprint density at radius 2 is 2.18 bits per heavy atom. The zero-order valence-electron chi connectivity index (χ0n) is 5.31. The molecule has 2 nitrogen and oxygen atoms in total. The van der Waals surface area contributed by atoms with Crippen molar-refractivity contribution in [1.82, 2.24) is 0 Å². The molecule has 1 rings (SSSR count). The number of nitriles is 1. The average Bonchev–Trinajstić information content (AvgIpc) is 1.96. The zero-order chi connectivity index (χ0) is 8.43. The summed E-state index contributed by atoms with van der Waals surface area (Å²) in [6, 6.07) is 3.72. The monoisotopic (exact) mass is 215 g/mol. The molecule has 0 amide bonds. The van der Waals surface area contributed by atoms with Crippen molar-refractivity contribution in [2.45, 2.75) is 0 Å². The lowest BCUT2D eigenvalue weighted by molar-refractivity contribution is 0.467. The first-order valence-corrected chi connectivity index (χ1v) is 3.52. The first-order valence-electron chi connectivity index (χ1n) is 2.73. The van der Waals surface area contributed by atoms with Crippen molar-refractivity contribution in [2.75, 3.05) is 0 Å². The van der Waals surface area contributed by atoms with E-state index in [2.05, 4.69) is 15.9 Å². The lowest BCUT2D eigenvalue weighted by Gasteiger charge is -1.97. The number of hydrogen-bond donors (Lipinski definition) is 1. The number of rotatable bonds is 0. The minimum absolute atomic E-state index is 0.0723. The summed E-state index contributed by atoms with van der Waals surface area (Å²) in [5.41, 5.74) is -0.0723. The van der Waals surface area contributed by atoms with Crippen LogP contribution in [0.5, 0.6) is 5.75 Å². The molecule has 1 aromatic carbocycles. The molecule has 0 aliphatic heterocycles. The van der Waals surface area contributed by atoms with Crippen LogP contribution in [0.3, 0.4) is 0 Å². The van der Waals surface area contributed by atoms with Crippen molar-refractivity contribution >= 4 is 15.9 Å². The summed E-state index contributed by atoms with van der Waals surface area (Å²) < 4.78 is 12.7. The Kier molecular flexibility index (Phi) is 2.11. The van der Waals surface area contributed by atoms with Crippen molar-refractivity contribution in [3.8, 4) is 11.8 Å². The second kappa shape index (κ2) is 2.89. The Bertz CT molecular complexity index is 332. The third-order valence-electron chi connectivity index (χ3n) is 1.15. The van der Waals surface area contributed by atoms with Crippen LogP contribution in [-0.4, -0.2) is 5.11 Å². The molecule has 0 radical (unpaired) electrons. The first-order chi connectivity index (χ1) is 5.15. The maximum absolute atomic E-state index is 12.5. The van der Waals surface area contributed by atoms with Gasteiger partial charge in [-0.15, -0.1) is 0 Å². The van der Waals surface area contributed by atoms with Gasteiger partial charge in [0, 0.05) is 0 Å². The third-order valence-corrected chi connectivity index (χ3v) is 1.75. The van der Waals surface area contributed by atoms with E-state index in [9.17, 15) is 4.39 Å². The van der Waals surface area contributed by atoms with Gasteiger partial charge in [0.25, 0.3) is 0 Å². The van der Waals surface area contributed by atoms with Gasteiger partial charge >= 0.3 is 0 Å². The maximum atomic E-state index is 12.5. The van der Waals surface area contributed by atoms with Gasteiger partial charge in [0.15, 0.2) is 0 Å². The summed E-state index contributed by atoms with van der Waals surface area (Å²) in [6.45, 7) is 0. The summed E-state index contributed by atoms with van der Waals surface area (Å²) in [5, 5.41) is 17.5. The van der Waals surface area contributed by atoms with E-state index in [1.807, 2.05) is 0 Å². The molecule has 0 aromatic heterocycles. The third kappa shape index (κ3) is 1.49. The van der Waals surface area contributed by atoms with E-state index in [4.69, 9.17) is 10.4 Å². The van der Waals surface area contributed by atoms with E-state index in [1.165, 1.54) is 0 Å². The molecule has 0 saturated carbocycles. The number of phenols is 1. The van der Waals surface area contributed by atoms with E-state index in [1.54, 1.807) is 6.07 Å². The smallest absolute Gasteiger partial charge is 0.147 e. The van der Waals surface area contributed by atoms with Crippen molar-refractivity contribution < 1.29 is 9.50 Å². The molecule has 0 heterocycles. The Hall–Kier alpha value is -1.08. The van der Waals surface area contributed by atoms with Gasteiger partial charge in [-0.3, -0.25) is 0 Å². The van der Waals surface area contributed by atoms with Gasteiger partial charge in [-0.1, -0.05) is 0 Å². The lowest BCUT2D eigenvalue weighted by Crippen LogP contribution is -1.81. The molecule has 4 heteroatoms. The number of phenolic OH excluding ortho intramolecular Hbond substituents is 1. The molecule has 0 atom stereocenters. The molecule has 56 valence electrons. The highest BCUT2D eigenvalue weighted by Crippen LogP contribution is 2.27. The summed E-state index contributed by atoms with van der Waals surface area (Å²) >= 11 is 2.90. The van der Waals surface area contributed by atoms with Crippen LogP contribution in [-0.2, 0) is 0 Å². The largest absolute Gasteiger partial charge is 0.505 e. The standard InChI is InChI=1S/C7H3BrFNO/c8-6-2-5(9)1-4(3-10)7(6)11/h1-2,11H. The van der Waals surface area contributed by atoms with Crippen LogP contribution < -0.4 is 0 Å². The molecule has 1 N–H and O–H groups in total. The number of nitrogens with zero attached hydrogens (tertiary/aromatic N) is 1. The molecule has 0 unspecified atom stereocenters. The molecule has 0 saturated heterocycles. The highest BCUT2D eigenvalue weighted by atomic mass is 79.9. The second-order valence-electron chi connectivity index (χ2n) is 1.90. The van der Waals surface area contributed by atoms with E-state index in [0.717, 1.165) is 12.1 Å². The van der Waals surface area contributed by atoms with Crippen LogP contribution in [0, 0.1) is 17.1 Å². The molecule has 0 bridgehead atoms. The van der Waals surface area contributed by atoms with Crippen LogP contribution in [0.25, 0.3) is 0 Å². The highest BCUT2D eigenvalue weighted by Gasteiger charge is 2.06. The number of benzene rings is 1. The van der Waals surface area contributed by atoms with Crippen LogP contribution in [0.2, 0.25) is 0 Å². The molecule has 0 spiro atoms. The summed E-state index contributed by atoms with van der Waals surface area (Å²) in [6.07, 6.45) is 0. The van der Waals surface area contributed by atoms with Gasteiger partial charge < -0.3 is 5.11 Å².